The molecule has 0 aliphatic carbocycles. The molecule has 0 aliphatic rings. The maximum atomic E-state index is 11.5. The van der Waals surface area contributed by atoms with Gasteiger partial charge in [0.25, 0.3) is 0 Å². The van der Waals surface area contributed by atoms with Crippen molar-refractivity contribution < 1.29 is 5.11 Å². The van der Waals surface area contributed by atoms with Crippen LogP contribution >= 0.6 is 17.0 Å². The Kier molecular flexibility index (Phi) is 7.27. The van der Waals surface area contributed by atoms with Crippen molar-refractivity contribution in [3.05, 3.63) is 71.8 Å². The number of nitrogens with zero attached hydrogens (tertiary/aromatic N) is 1. The average Bonchev–Trinajstić information content (AvgIpc) is 2.55. The zero-order valence-corrected chi connectivity index (χ0v) is 15.3. The van der Waals surface area contributed by atoms with Crippen molar-refractivity contribution in [2.75, 3.05) is 20.1 Å². The number of aliphatic hydroxyl groups is 1. The highest BCUT2D eigenvalue weighted by atomic mass is 79.9. The number of rotatable bonds is 6. The summed E-state index contributed by atoms with van der Waals surface area (Å²) in [7, 11) is 2.09. The third-order valence-corrected chi connectivity index (χ3v) is 4.27. The maximum Gasteiger partial charge on any atom is 0.118 e. The third-order valence-electron chi connectivity index (χ3n) is 4.27. The van der Waals surface area contributed by atoms with E-state index in [0.29, 0.717) is 0 Å². The normalized spacial score (nSPS) is 12.8. The second-order valence-corrected chi connectivity index (χ2v) is 5.75. The van der Waals surface area contributed by atoms with Gasteiger partial charge in [0.05, 0.1) is 0 Å². The number of hydrogen-bond donors (Lipinski definition) is 1. The van der Waals surface area contributed by atoms with Crippen LogP contribution in [0.5, 0.6) is 0 Å². The van der Waals surface area contributed by atoms with Gasteiger partial charge in [-0.25, -0.2) is 0 Å². The van der Waals surface area contributed by atoms with Gasteiger partial charge in [-0.1, -0.05) is 74.5 Å². The molecule has 0 heterocycles. The molecule has 3 heteroatoms. The molecule has 0 spiro atoms. The lowest BCUT2D eigenvalue weighted by Gasteiger charge is -2.37. The summed E-state index contributed by atoms with van der Waals surface area (Å²) in [5, 5.41) is 11.5. The van der Waals surface area contributed by atoms with Crippen LogP contribution in [0.15, 0.2) is 60.7 Å². The zero-order valence-electron chi connectivity index (χ0n) is 13.6. The van der Waals surface area contributed by atoms with Gasteiger partial charge in [0, 0.05) is 12.5 Å². The number of hydrogen-bond acceptors (Lipinski definition) is 2. The Balaban J connectivity index is 0.00000242. The Labute approximate surface area is 144 Å². The summed E-state index contributed by atoms with van der Waals surface area (Å²) in [6.45, 7) is 6.07. The predicted octanol–water partition coefficient (Wildman–Crippen LogP) is 4.09. The first-order valence-electron chi connectivity index (χ1n) is 7.61. The summed E-state index contributed by atoms with van der Waals surface area (Å²) in [4.78, 5) is 2.24. The number of halogens is 1. The Morgan fingerprint density at radius 2 is 1.36 bits per heavy atom. The van der Waals surface area contributed by atoms with Gasteiger partial charge in [-0.15, -0.1) is 17.0 Å². The van der Waals surface area contributed by atoms with Crippen LogP contribution in [0.2, 0.25) is 0 Å². The van der Waals surface area contributed by atoms with Gasteiger partial charge < -0.3 is 10.0 Å². The second-order valence-electron chi connectivity index (χ2n) is 5.75. The smallest absolute Gasteiger partial charge is 0.118 e. The highest BCUT2D eigenvalue weighted by Gasteiger charge is 2.37. The summed E-state index contributed by atoms with van der Waals surface area (Å²) in [6, 6.07) is 19.9. The molecule has 1 atom stereocenters. The van der Waals surface area contributed by atoms with Gasteiger partial charge in [-0.3, -0.25) is 0 Å². The van der Waals surface area contributed by atoms with Crippen LogP contribution in [0.1, 0.15) is 25.0 Å². The van der Waals surface area contributed by atoms with Crippen LogP contribution in [0, 0.1) is 5.92 Å². The highest BCUT2D eigenvalue weighted by molar-refractivity contribution is 8.93. The van der Waals surface area contributed by atoms with E-state index in [4.69, 9.17) is 0 Å². The van der Waals surface area contributed by atoms with E-state index in [-0.39, 0.29) is 22.9 Å². The standard InChI is InChI=1S/C19H25NO.BrH/c1-4-20(3)15-16(2)19(21,17-11-7-5-8-12-17)18-13-9-6-10-14-18;/h5-14,16,21H,4,15H2,1-3H3;1H. The fourth-order valence-corrected chi connectivity index (χ4v) is 2.85. The lowest BCUT2D eigenvalue weighted by atomic mass is 9.76. The Hall–Kier alpha value is -1.16. The Bertz CT molecular complexity index is 504. The molecule has 0 fully saturated rings. The molecule has 2 nitrogen and oxygen atoms in total. The van der Waals surface area contributed by atoms with Crippen molar-refractivity contribution in [2.45, 2.75) is 19.4 Å². The van der Waals surface area contributed by atoms with Crippen molar-refractivity contribution in [1.82, 2.24) is 4.90 Å². The lowest BCUT2D eigenvalue weighted by Crippen LogP contribution is -2.41. The first kappa shape index (κ1) is 18.9. The zero-order chi connectivity index (χ0) is 15.3. The van der Waals surface area contributed by atoms with Crippen molar-refractivity contribution >= 4 is 17.0 Å². The van der Waals surface area contributed by atoms with Gasteiger partial charge in [-0.2, -0.15) is 0 Å². The van der Waals surface area contributed by atoms with E-state index in [1.54, 1.807) is 0 Å². The summed E-state index contributed by atoms with van der Waals surface area (Å²) in [5.41, 5.74) is 0.938. The number of benzene rings is 2. The molecule has 1 N–H and O–H groups in total. The molecule has 0 amide bonds. The SMILES string of the molecule is Br.CCN(C)CC(C)C(O)(c1ccccc1)c1ccccc1. The molecule has 2 aromatic rings. The van der Waals surface area contributed by atoms with Crippen LogP contribution < -0.4 is 0 Å². The molecule has 0 saturated heterocycles. The average molecular weight is 364 g/mol. The summed E-state index contributed by atoms with van der Waals surface area (Å²) in [5.74, 6) is 0.0900. The fourth-order valence-electron chi connectivity index (χ4n) is 2.85. The Morgan fingerprint density at radius 1 is 0.955 bits per heavy atom. The fraction of sp³-hybridized carbons (Fsp3) is 0.368. The molecular weight excluding hydrogens is 338 g/mol. The molecule has 0 bridgehead atoms. The topological polar surface area (TPSA) is 23.5 Å². The minimum Gasteiger partial charge on any atom is -0.380 e. The molecule has 120 valence electrons. The van der Waals surface area contributed by atoms with Crippen molar-refractivity contribution in [1.29, 1.82) is 0 Å². The van der Waals surface area contributed by atoms with E-state index < -0.39 is 5.60 Å². The van der Waals surface area contributed by atoms with Gasteiger partial charge in [0.2, 0.25) is 0 Å². The molecule has 0 radical (unpaired) electrons. The monoisotopic (exact) mass is 363 g/mol. The van der Waals surface area contributed by atoms with Crippen LogP contribution in [0.4, 0.5) is 0 Å². The first-order chi connectivity index (χ1) is 10.1. The molecule has 0 saturated carbocycles. The molecule has 1 unspecified atom stereocenters. The summed E-state index contributed by atoms with van der Waals surface area (Å²) < 4.78 is 0. The third kappa shape index (κ3) is 3.97. The largest absolute Gasteiger partial charge is 0.380 e. The van der Waals surface area contributed by atoms with E-state index in [1.807, 2.05) is 60.7 Å². The van der Waals surface area contributed by atoms with Crippen molar-refractivity contribution in [2.24, 2.45) is 5.92 Å². The van der Waals surface area contributed by atoms with Crippen LogP contribution in [0.25, 0.3) is 0 Å². The Morgan fingerprint density at radius 3 is 1.73 bits per heavy atom. The lowest BCUT2D eigenvalue weighted by molar-refractivity contribution is 0.0113. The molecule has 0 aromatic heterocycles. The van der Waals surface area contributed by atoms with Gasteiger partial charge in [0.15, 0.2) is 0 Å². The van der Waals surface area contributed by atoms with Gasteiger partial charge in [-0.05, 0) is 24.7 Å². The van der Waals surface area contributed by atoms with E-state index in [2.05, 4.69) is 25.8 Å². The molecule has 0 aliphatic heterocycles. The predicted molar refractivity (Wildman–Crippen MR) is 98.5 cm³/mol. The minimum absolute atomic E-state index is 0. The van der Waals surface area contributed by atoms with Crippen LogP contribution in [0.3, 0.4) is 0 Å². The molecular formula is C19H26BrNO. The van der Waals surface area contributed by atoms with Crippen molar-refractivity contribution in [3.8, 4) is 0 Å². The van der Waals surface area contributed by atoms with Crippen molar-refractivity contribution in [3.63, 3.8) is 0 Å². The minimum atomic E-state index is -0.966. The van der Waals surface area contributed by atoms with E-state index in [0.717, 1.165) is 24.2 Å². The summed E-state index contributed by atoms with van der Waals surface area (Å²) >= 11 is 0. The van der Waals surface area contributed by atoms with E-state index in [9.17, 15) is 5.11 Å². The van der Waals surface area contributed by atoms with Crippen LogP contribution in [-0.2, 0) is 5.60 Å². The quantitative estimate of drug-likeness (QED) is 0.835. The molecule has 22 heavy (non-hydrogen) atoms. The first-order valence-corrected chi connectivity index (χ1v) is 7.61. The molecule has 2 rings (SSSR count). The summed E-state index contributed by atoms with van der Waals surface area (Å²) in [6.07, 6.45) is 0. The van der Waals surface area contributed by atoms with E-state index >= 15 is 0 Å². The van der Waals surface area contributed by atoms with Crippen LogP contribution in [-0.4, -0.2) is 30.1 Å². The maximum absolute atomic E-state index is 11.5. The van der Waals surface area contributed by atoms with Gasteiger partial charge >= 0.3 is 0 Å². The highest BCUT2D eigenvalue weighted by Crippen LogP contribution is 2.36. The molecule has 2 aromatic carbocycles. The van der Waals surface area contributed by atoms with Gasteiger partial charge in [0.1, 0.15) is 5.60 Å². The second kappa shape index (κ2) is 8.47. The van der Waals surface area contributed by atoms with E-state index in [1.165, 1.54) is 0 Å².